The second kappa shape index (κ2) is 7.42. The Morgan fingerprint density at radius 3 is 2.35 bits per heavy atom. The summed E-state index contributed by atoms with van der Waals surface area (Å²) in [4.78, 5) is 13.9. The highest BCUT2D eigenvalue weighted by Crippen LogP contribution is 2.34. The van der Waals surface area contributed by atoms with Crippen molar-refractivity contribution in [1.29, 1.82) is 0 Å². The Morgan fingerprint density at radius 1 is 1.29 bits per heavy atom. The van der Waals surface area contributed by atoms with Crippen molar-refractivity contribution in [3.05, 3.63) is 0 Å². The highest BCUT2D eigenvalue weighted by atomic mass is 32.2. The first-order chi connectivity index (χ1) is 8.13. The third kappa shape index (κ3) is 4.63. The highest BCUT2D eigenvalue weighted by molar-refractivity contribution is 7.98. The van der Waals surface area contributed by atoms with E-state index in [1.807, 2.05) is 11.8 Å². The van der Waals surface area contributed by atoms with Gasteiger partial charge >= 0.3 is 0 Å². The van der Waals surface area contributed by atoms with Crippen LogP contribution >= 0.6 is 11.8 Å². The van der Waals surface area contributed by atoms with E-state index in [1.165, 1.54) is 32.0 Å². The normalized spacial score (nSPS) is 22.1. The number of hydrogen-bond acceptors (Lipinski definition) is 3. The summed E-state index contributed by atoms with van der Waals surface area (Å²) in [6, 6.07) is 0.560. The molecule has 1 atom stereocenters. The van der Waals surface area contributed by atoms with Crippen LogP contribution in [-0.2, 0) is 4.79 Å². The molecule has 0 saturated heterocycles. The van der Waals surface area contributed by atoms with Gasteiger partial charge in [-0.1, -0.05) is 25.7 Å². The molecule has 0 aliphatic heterocycles. The molecule has 1 fully saturated rings. The number of aldehydes is 1. The summed E-state index contributed by atoms with van der Waals surface area (Å²) in [6.45, 7) is 3.20. The van der Waals surface area contributed by atoms with Crippen molar-refractivity contribution in [2.45, 2.75) is 51.5 Å². The number of carbonyl (C=O) groups is 1. The van der Waals surface area contributed by atoms with Crippen LogP contribution in [0, 0.1) is 5.41 Å². The highest BCUT2D eigenvalue weighted by Gasteiger charge is 2.32. The molecule has 2 nitrogen and oxygen atoms in total. The lowest BCUT2D eigenvalue weighted by molar-refractivity contribution is -0.118. The third-order valence-corrected chi connectivity index (χ3v) is 4.89. The fourth-order valence-corrected chi connectivity index (χ4v) is 3.50. The summed E-state index contributed by atoms with van der Waals surface area (Å²) in [5, 5.41) is 0. The number of thioether (sulfide) groups is 1. The molecular formula is C14H27NOS. The molecule has 0 heterocycles. The van der Waals surface area contributed by atoms with E-state index in [0.29, 0.717) is 6.04 Å². The Labute approximate surface area is 111 Å². The molecule has 1 aliphatic carbocycles. The third-order valence-electron chi connectivity index (χ3n) is 4.07. The van der Waals surface area contributed by atoms with Crippen LogP contribution in [0.2, 0.25) is 0 Å². The Kier molecular flexibility index (Phi) is 6.57. The van der Waals surface area contributed by atoms with Crippen molar-refractivity contribution in [3.63, 3.8) is 0 Å². The SMILES string of the molecule is CSCC(C)N(C)CC1(C=O)CCCCCC1. The lowest BCUT2D eigenvalue weighted by Crippen LogP contribution is -2.41. The summed E-state index contributed by atoms with van der Waals surface area (Å²) in [5.74, 6) is 1.14. The summed E-state index contributed by atoms with van der Waals surface area (Å²) >= 11 is 1.88. The molecule has 100 valence electrons. The van der Waals surface area contributed by atoms with Crippen molar-refractivity contribution >= 4 is 18.0 Å². The molecule has 0 amide bonds. The second-order valence-corrected chi connectivity index (χ2v) is 6.52. The zero-order valence-electron chi connectivity index (χ0n) is 11.6. The van der Waals surface area contributed by atoms with Crippen LogP contribution in [-0.4, -0.2) is 42.8 Å². The van der Waals surface area contributed by atoms with E-state index in [-0.39, 0.29) is 5.41 Å². The van der Waals surface area contributed by atoms with Crippen LogP contribution in [0.25, 0.3) is 0 Å². The van der Waals surface area contributed by atoms with E-state index >= 15 is 0 Å². The molecule has 1 saturated carbocycles. The van der Waals surface area contributed by atoms with Crippen molar-refractivity contribution in [3.8, 4) is 0 Å². The van der Waals surface area contributed by atoms with Crippen molar-refractivity contribution < 1.29 is 4.79 Å². The zero-order chi connectivity index (χ0) is 12.7. The molecular weight excluding hydrogens is 230 g/mol. The minimum atomic E-state index is -0.0576. The van der Waals surface area contributed by atoms with Gasteiger partial charge in [0.15, 0.2) is 0 Å². The van der Waals surface area contributed by atoms with Crippen LogP contribution in [0.5, 0.6) is 0 Å². The van der Waals surface area contributed by atoms with Gasteiger partial charge in [-0.3, -0.25) is 0 Å². The summed E-state index contributed by atoms with van der Waals surface area (Å²) in [7, 11) is 2.16. The van der Waals surface area contributed by atoms with E-state index in [2.05, 4.69) is 25.1 Å². The molecule has 0 bridgehead atoms. The van der Waals surface area contributed by atoms with Gasteiger partial charge < -0.3 is 9.69 Å². The zero-order valence-corrected chi connectivity index (χ0v) is 12.4. The Morgan fingerprint density at radius 2 is 1.88 bits per heavy atom. The first kappa shape index (κ1) is 15.0. The van der Waals surface area contributed by atoms with Crippen LogP contribution in [0.4, 0.5) is 0 Å². The molecule has 0 N–H and O–H groups in total. The topological polar surface area (TPSA) is 20.3 Å². The van der Waals surface area contributed by atoms with Gasteiger partial charge in [-0.05, 0) is 33.1 Å². The fourth-order valence-electron chi connectivity index (χ4n) is 2.77. The van der Waals surface area contributed by atoms with E-state index in [0.717, 1.165) is 25.1 Å². The van der Waals surface area contributed by atoms with E-state index in [1.54, 1.807) is 0 Å². The van der Waals surface area contributed by atoms with Gasteiger partial charge in [-0.15, -0.1) is 0 Å². The molecule has 1 unspecified atom stereocenters. The quantitative estimate of drug-likeness (QED) is 0.538. The minimum absolute atomic E-state index is 0.0576. The molecule has 0 aromatic rings. The minimum Gasteiger partial charge on any atom is -0.303 e. The molecule has 0 aromatic heterocycles. The first-order valence-corrected chi connectivity index (χ1v) is 8.18. The Balaban J connectivity index is 2.57. The van der Waals surface area contributed by atoms with Gasteiger partial charge in [-0.25, -0.2) is 0 Å². The molecule has 0 spiro atoms. The maximum atomic E-state index is 11.5. The average Bonchev–Trinajstić information content (AvgIpc) is 2.55. The number of carbonyl (C=O) groups excluding carboxylic acids is 1. The van der Waals surface area contributed by atoms with E-state index in [9.17, 15) is 4.79 Å². The maximum absolute atomic E-state index is 11.5. The molecule has 17 heavy (non-hydrogen) atoms. The van der Waals surface area contributed by atoms with Crippen LogP contribution < -0.4 is 0 Å². The van der Waals surface area contributed by atoms with E-state index in [4.69, 9.17) is 0 Å². The Hall–Kier alpha value is -0.0200. The lowest BCUT2D eigenvalue weighted by Gasteiger charge is -2.34. The average molecular weight is 257 g/mol. The van der Waals surface area contributed by atoms with Crippen LogP contribution in [0.3, 0.4) is 0 Å². The van der Waals surface area contributed by atoms with E-state index < -0.39 is 0 Å². The number of hydrogen-bond donors (Lipinski definition) is 0. The standard InChI is InChI=1S/C14H27NOS/c1-13(10-17-3)15(2)11-14(12-16)8-6-4-5-7-9-14/h12-13H,4-11H2,1-3H3. The number of nitrogens with zero attached hydrogens (tertiary/aromatic N) is 1. The Bertz CT molecular complexity index is 224. The first-order valence-electron chi connectivity index (χ1n) is 6.79. The van der Waals surface area contributed by atoms with Gasteiger partial charge in [0.25, 0.3) is 0 Å². The van der Waals surface area contributed by atoms with Crippen LogP contribution in [0.15, 0.2) is 0 Å². The molecule has 1 aliphatic rings. The predicted octanol–water partition coefficient (Wildman–Crippen LogP) is 3.21. The largest absolute Gasteiger partial charge is 0.303 e. The maximum Gasteiger partial charge on any atom is 0.127 e. The summed E-state index contributed by atoms with van der Waals surface area (Å²) in [5.41, 5.74) is -0.0576. The van der Waals surface area contributed by atoms with Gasteiger partial charge in [0, 0.05) is 23.8 Å². The molecule has 0 aromatic carbocycles. The number of rotatable bonds is 6. The summed E-state index contributed by atoms with van der Waals surface area (Å²) < 4.78 is 0. The molecule has 3 heteroatoms. The smallest absolute Gasteiger partial charge is 0.127 e. The molecule has 0 radical (unpaired) electrons. The van der Waals surface area contributed by atoms with Gasteiger partial charge in [0.1, 0.15) is 6.29 Å². The predicted molar refractivity (Wildman–Crippen MR) is 76.7 cm³/mol. The second-order valence-electron chi connectivity index (χ2n) is 5.61. The van der Waals surface area contributed by atoms with Crippen LogP contribution in [0.1, 0.15) is 45.4 Å². The fraction of sp³-hybridized carbons (Fsp3) is 0.929. The van der Waals surface area contributed by atoms with Gasteiger partial charge in [-0.2, -0.15) is 11.8 Å². The summed E-state index contributed by atoms with van der Waals surface area (Å²) in [6.07, 6.45) is 10.6. The lowest BCUT2D eigenvalue weighted by atomic mass is 9.81. The molecule has 1 rings (SSSR count). The van der Waals surface area contributed by atoms with Crippen molar-refractivity contribution in [2.24, 2.45) is 5.41 Å². The van der Waals surface area contributed by atoms with Gasteiger partial charge in [0.2, 0.25) is 0 Å². The van der Waals surface area contributed by atoms with Crippen molar-refractivity contribution in [1.82, 2.24) is 4.90 Å². The monoisotopic (exact) mass is 257 g/mol. The van der Waals surface area contributed by atoms with Gasteiger partial charge in [0.05, 0.1) is 0 Å². The van der Waals surface area contributed by atoms with Crippen molar-refractivity contribution in [2.75, 3.05) is 25.6 Å².